The monoisotopic (exact) mass is 1500 g/mol. The first-order valence-corrected chi connectivity index (χ1v) is 42.6. The summed E-state index contributed by atoms with van der Waals surface area (Å²) in [5, 5.41) is 12.7. The van der Waals surface area contributed by atoms with Crippen molar-refractivity contribution in [3.63, 3.8) is 0 Å². The summed E-state index contributed by atoms with van der Waals surface area (Å²) in [6, 6.07) is 23.1. The number of rotatable bonds is 6. The van der Waals surface area contributed by atoms with E-state index in [-0.39, 0.29) is 70.7 Å². The molecule has 104 heavy (non-hydrogen) atoms. The van der Waals surface area contributed by atoms with Gasteiger partial charge in [-0.3, -0.25) is 24.3 Å². The standard InChI is InChI=1S/C82H105Cl2N7O11S2/c1-53-14-10-32-81(94,33-13-38-87-36-7-6-8-37-87)69-26-19-61(69)47-90-52-80(31-12-18-58-43-65(84)24-28-68(58)80)77(102-75-30-22-60(45-72(75)90)79(93)86-103(95,96)55(53)3)73-50-88(49-66-51-100-41-40-91(66)73)39-35-82(99-5)34-11-15-54(2)56(4)104(97,98)85-78(92)59-21-29-74-71(44-59)89(46-62-20-27-70(62)82)48-63-17-9-16-57-42-64(83)23-25-67(57)76(63)101-74/h10-11,21-25,28-30,32,34,42-45,53-56,61-63,66,69-70,73,76-77,94H,6-9,12,14-20,26-27,31,35-41,46-52H2,1-5H3,(H,85,92)(H,86,93)/b32-10+,34-11+/t53-,54-,55+,56+,61-,62-,63+,66-,69+,70+,73?,76?,77?,80+,81-,82-/m0/s1. The molecule has 3 N–H and O–H groups in total. The molecule has 2 saturated carbocycles. The second-order valence-corrected chi connectivity index (χ2v) is 37.6. The fourth-order valence-corrected chi connectivity index (χ4v) is 22.9. The van der Waals surface area contributed by atoms with Crippen molar-refractivity contribution in [2.75, 3.05) is 102 Å². The molecular formula is C82H105Cl2N7O11S2. The van der Waals surface area contributed by atoms with Crippen LogP contribution in [0, 0.1) is 53.3 Å². The van der Waals surface area contributed by atoms with Crippen LogP contribution in [-0.4, -0.2) is 181 Å². The predicted octanol–water partition coefficient (Wildman–Crippen LogP) is 11.9. The third kappa shape index (κ3) is 14.5. The third-order valence-electron chi connectivity index (χ3n) is 26.6. The summed E-state index contributed by atoms with van der Waals surface area (Å²) in [4.78, 5) is 41.3. The smallest absolute Gasteiger partial charge is 0.264 e. The highest BCUT2D eigenvalue weighted by molar-refractivity contribution is 7.91. The van der Waals surface area contributed by atoms with Crippen LogP contribution < -0.4 is 28.7 Å². The molecule has 0 aromatic heterocycles. The molecule has 7 aliphatic heterocycles. The number of amides is 2. The van der Waals surface area contributed by atoms with Gasteiger partial charge in [0.1, 0.15) is 29.3 Å². The van der Waals surface area contributed by atoms with E-state index in [0.717, 1.165) is 108 Å². The van der Waals surface area contributed by atoms with Crippen molar-refractivity contribution in [3.8, 4) is 23.3 Å². The van der Waals surface area contributed by atoms with E-state index in [2.05, 4.69) is 82.2 Å². The number of aryl methyl sites for hydroxylation is 2. The second kappa shape index (κ2) is 30.0. The number of piperidine rings is 1. The number of fused-ring (bicyclic) bond motifs is 10. The number of carbonyl (C=O) groups excluding carboxylic acids is 2. The van der Waals surface area contributed by atoms with E-state index in [9.17, 15) is 31.5 Å². The number of allylic oxidation sites excluding steroid dienone is 2. The van der Waals surface area contributed by atoms with Crippen LogP contribution in [0.1, 0.15) is 167 Å². The molecule has 22 heteroatoms. The number of sulfonamides is 2. The quantitative estimate of drug-likeness (QED) is 0.121. The fourth-order valence-electron chi connectivity index (χ4n) is 19.9. The molecule has 3 saturated heterocycles. The Morgan fingerprint density at radius 2 is 1.29 bits per heavy atom. The van der Waals surface area contributed by atoms with Crippen molar-refractivity contribution in [2.24, 2.45) is 41.4 Å². The summed E-state index contributed by atoms with van der Waals surface area (Å²) in [7, 11) is -6.45. The van der Waals surface area contributed by atoms with Crippen molar-refractivity contribution in [1.29, 1.82) is 0 Å². The number of halogens is 2. The molecule has 4 aromatic carbocycles. The molecule has 15 rings (SSSR count). The summed E-state index contributed by atoms with van der Waals surface area (Å²) in [6.45, 7) is 15.9. The number of carbonyl (C=O) groups is 2. The number of ether oxygens (including phenoxy) is 4. The number of nitrogens with zero attached hydrogens (tertiary/aromatic N) is 5. The Morgan fingerprint density at radius 1 is 0.654 bits per heavy atom. The van der Waals surface area contributed by atoms with Crippen LogP contribution in [0.3, 0.4) is 0 Å². The topological polar surface area (TPSA) is 200 Å². The van der Waals surface area contributed by atoms with E-state index in [4.69, 9.17) is 42.1 Å². The van der Waals surface area contributed by atoms with Gasteiger partial charge in [0.15, 0.2) is 0 Å². The van der Waals surface area contributed by atoms with Crippen LogP contribution >= 0.6 is 23.2 Å². The lowest BCUT2D eigenvalue weighted by molar-refractivity contribution is -0.118. The molecule has 11 aliphatic rings. The first kappa shape index (κ1) is 73.8. The van der Waals surface area contributed by atoms with E-state index in [0.29, 0.717) is 112 Å². The van der Waals surface area contributed by atoms with Gasteiger partial charge in [-0.2, -0.15) is 0 Å². The number of methoxy groups -OCH3 is 1. The molecule has 7 heterocycles. The van der Waals surface area contributed by atoms with Crippen molar-refractivity contribution >= 4 is 66.4 Å². The number of morpholine rings is 1. The van der Waals surface area contributed by atoms with Gasteiger partial charge in [-0.25, -0.2) is 26.3 Å². The van der Waals surface area contributed by atoms with Gasteiger partial charge in [0, 0.05) is 98.5 Å². The molecular weight excluding hydrogens is 1390 g/mol. The minimum absolute atomic E-state index is 0.00683. The van der Waals surface area contributed by atoms with Crippen molar-refractivity contribution in [3.05, 3.63) is 141 Å². The highest BCUT2D eigenvalue weighted by Gasteiger charge is 2.57. The molecule has 4 aliphatic carbocycles. The lowest BCUT2D eigenvalue weighted by Crippen LogP contribution is -2.70. The van der Waals surface area contributed by atoms with E-state index < -0.39 is 65.1 Å². The van der Waals surface area contributed by atoms with Gasteiger partial charge in [-0.1, -0.05) is 85.7 Å². The normalized spacial score (nSPS) is 35.8. The number of piperazine rings is 1. The molecule has 2 amide bonds. The van der Waals surface area contributed by atoms with Gasteiger partial charge in [0.05, 0.1) is 58.7 Å². The maximum Gasteiger partial charge on any atom is 0.264 e. The van der Waals surface area contributed by atoms with E-state index in [1.54, 1.807) is 26.0 Å². The molecule has 0 radical (unpaired) electrons. The summed E-state index contributed by atoms with van der Waals surface area (Å²) in [6.07, 6.45) is 21.1. The summed E-state index contributed by atoms with van der Waals surface area (Å²) in [5.41, 5.74) is 3.71. The van der Waals surface area contributed by atoms with Gasteiger partial charge in [0.25, 0.3) is 11.8 Å². The maximum absolute atomic E-state index is 14.6. The Labute approximate surface area is 626 Å². The molecule has 16 atom stereocenters. The average Bonchev–Trinajstić information content (AvgIpc) is 1.42. The van der Waals surface area contributed by atoms with Gasteiger partial charge in [0.2, 0.25) is 20.0 Å². The minimum atomic E-state index is -4.17. The summed E-state index contributed by atoms with van der Waals surface area (Å²) < 4.78 is 90.8. The maximum atomic E-state index is 14.6. The zero-order valence-corrected chi connectivity index (χ0v) is 64.2. The third-order valence-corrected chi connectivity index (χ3v) is 30.9. The highest BCUT2D eigenvalue weighted by Crippen LogP contribution is 2.54. The van der Waals surface area contributed by atoms with Gasteiger partial charge >= 0.3 is 0 Å². The molecule has 560 valence electrons. The molecule has 18 nitrogen and oxygen atoms in total. The SMILES string of the molecule is CO[C@]1(CCN2CC(C3Oc4ccc5cc4N(C[C@@H]4CC[C@H]4[C@@](O)(C#CCN4CCCCC4)/C=C/C[C@H](C)[C@@H](C)S(=O)(=O)NC5=O)C[C@@]34CCCc3cc(Cl)ccc34)N3CCOC[C@@H]3C2)/C=C/C[C@H](C)[C@@H](C)S(=O)(=O)NC(=O)c2ccc3c(c2)N(C[C@H]2CCCc4cc(Cl)ccc4C2O3)C[C@@H]2CC[C@H]21. The van der Waals surface area contributed by atoms with Gasteiger partial charge < -0.3 is 33.9 Å². The largest absolute Gasteiger partial charge is 0.486 e. The van der Waals surface area contributed by atoms with Crippen molar-refractivity contribution < 1.29 is 50.5 Å². The number of benzene rings is 4. The molecule has 4 bridgehead atoms. The number of nitrogens with one attached hydrogen (secondary N) is 2. The van der Waals surface area contributed by atoms with Gasteiger partial charge in [-0.05, 0) is 242 Å². The van der Waals surface area contributed by atoms with E-state index >= 15 is 0 Å². The van der Waals surface area contributed by atoms with Crippen LogP contribution in [0.5, 0.6) is 11.5 Å². The molecule has 5 fully saturated rings. The Bertz CT molecular complexity index is 4260. The van der Waals surface area contributed by atoms with Crippen LogP contribution in [0.25, 0.3) is 0 Å². The Hall–Kier alpha value is -5.70. The first-order valence-electron chi connectivity index (χ1n) is 38.7. The second-order valence-electron chi connectivity index (χ2n) is 32.7. The number of likely N-dealkylation sites (tertiary alicyclic amines) is 1. The van der Waals surface area contributed by atoms with Gasteiger partial charge in [-0.15, -0.1) is 0 Å². The molecule has 4 aromatic rings. The first-order chi connectivity index (χ1) is 50.0. The lowest BCUT2D eigenvalue weighted by atomic mass is 9.62. The Balaban J connectivity index is 0.787. The van der Waals surface area contributed by atoms with Crippen LogP contribution in [-0.2, 0) is 47.8 Å². The van der Waals surface area contributed by atoms with Crippen molar-refractivity contribution in [1.82, 2.24) is 24.1 Å². The predicted molar refractivity (Wildman–Crippen MR) is 408 cm³/mol. The highest BCUT2D eigenvalue weighted by atomic mass is 35.5. The van der Waals surface area contributed by atoms with E-state index in [1.165, 1.54) is 23.1 Å². The van der Waals surface area contributed by atoms with Crippen LogP contribution in [0.15, 0.2) is 97.1 Å². The Kier molecular flexibility index (Phi) is 21.3. The Morgan fingerprint density at radius 3 is 1.98 bits per heavy atom. The van der Waals surface area contributed by atoms with Crippen molar-refractivity contribution in [2.45, 2.75) is 182 Å². The van der Waals surface area contributed by atoms with E-state index in [1.807, 2.05) is 69.5 Å². The molecule has 3 unspecified atom stereocenters. The summed E-state index contributed by atoms with van der Waals surface area (Å²) >= 11 is 13.6. The number of hydrogen-bond donors (Lipinski definition) is 3. The summed E-state index contributed by atoms with van der Waals surface area (Å²) in [5.74, 6) is 6.18. The number of hydrogen-bond acceptors (Lipinski definition) is 16. The van der Waals surface area contributed by atoms with Crippen LogP contribution in [0.2, 0.25) is 10.0 Å². The average molecular weight is 1500 g/mol. The zero-order chi connectivity index (χ0) is 72.5. The lowest BCUT2D eigenvalue weighted by Gasteiger charge is -2.56. The zero-order valence-electron chi connectivity index (χ0n) is 61.1. The minimum Gasteiger partial charge on any atom is -0.486 e. The number of anilines is 2. The number of aliphatic hydroxyl groups is 1. The fraction of sp³-hybridized carbons (Fsp3) is 0.610. The van der Waals surface area contributed by atoms with Crippen LogP contribution in [0.4, 0.5) is 11.4 Å². The molecule has 1 spiro atoms.